The molecule has 0 saturated heterocycles. The summed E-state index contributed by atoms with van der Waals surface area (Å²) in [5, 5.41) is 13.2. The van der Waals surface area contributed by atoms with Gasteiger partial charge >= 0.3 is 0 Å². The molecule has 0 radical (unpaired) electrons. The third-order valence-electron chi connectivity index (χ3n) is 6.18. The minimum Gasteiger partial charge on any atom is -0.310 e. The first-order chi connectivity index (χ1) is 9.88. The monoisotopic (exact) mass is 274 g/mol. The Kier molecular flexibility index (Phi) is 4.99. The third-order valence-corrected chi connectivity index (χ3v) is 6.18. The van der Waals surface area contributed by atoms with Gasteiger partial charge in [0.25, 0.3) is 0 Å². The normalized spacial score (nSPS) is 39.5. The highest BCUT2D eigenvalue weighted by atomic mass is 15.0. The number of hydrogen-bond acceptors (Lipinski definition) is 2. The highest BCUT2D eigenvalue weighted by Crippen LogP contribution is 2.39. The molecular formula is C18H30N2. The zero-order valence-electron chi connectivity index (χ0n) is 12.8. The first-order valence-corrected chi connectivity index (χ1v) is 9.04. The predicted octanol–water partition coefficient (Wildman–Crippen LogP) is 4.41. The fourth-order valence-corrected chi connectivity index (χ4v) is 5.08. The smallest absolute Gasteiger partial charge is 0.0672 e. The molecule has 0 aliphatic heterocycles. The lowest BCUT2D eigenvalue weighted by Gasteiger charge is -2.41. The van der Waals surface area contributed by atoms with Crippen molar-refractivity contribution in [1.82, 2.24) is 5.32 Å². The summed E-state index contributed by atoms with van der Waals surface area (Å²) in [5.41, 5.74) is 0. The van der Waals surface area contributed by atoms with Crippen molar-refractivity contribution in [3.63, 3.8) is 0 Å². The molecule has 3 aliphatic carbocycles. The largest absolute Gasteiger partial charge is 0.310 e. The molecule has 3 rings (SSSR count). The zero-order chi connectivity index (χ0) is 13.8. The Morgan fingerprint density at radius 1 is 0.700 bits per heavy atom. The summed E-state index contributed by atoms with van der Waals surface area (Å²) in [4.78, 5) is 0. The maximum Gasteiger partial charge on any atom is 0.0672 e. The minimum absolute atomic E-state index is 0.281. The first-order valence-electron chi connectivity index (χ1n) is 9.04. The molecule has 0 bridgehead atoms. The summed E-state index contributed by atoms with van der Waals surface area (Å²) in [6.07, 6.45) is 16.5. The molecule has 112 valence electrons. The van der Waals surface area contributed by atoms with Crippen LogP contribution in [0.5, 0.6) is 0 Å². The Morgan fingerprint density at radius 2 is 1.40 bits per heavy atom. The van der Waals surface area contributed by atoms with Crippen LogP contribution in [0.25, 0.3) is 0 Å². The van der Waals surface area contributed by atoms with E-state index in [-0.39, 0.29) is 5.92 Å². The standard InChI is InChI=1S/C18H30N2/c19-13-15-9-6-12-17(15)20-18-11-5-4-10-16(18)14-7-2-1-3-8-14/h14-18,20H,1-12H2. The van der Waals surface area contributed by atoms with E-state index < -0.39 is 0 Å². The van der Waals surface area contributed by atoms with Gasteiger partial charge in [-0.05, 0) is 37.5 Å². The van der Waals surface area contributed by atoms with Crippen LogP contribution in [0.3, 0.4) is 0 Å². The summed E-state index contributed by atoms with van der Waals surface area (Å²) in [5.74, 6) is 2.16. The van der Waals surface area contributed by atoms with E-state index in [1.807, 2.05) is 0 Å². The molecule has 4 atom stereocenters. The van der Waals surface area contributed by atoms with Gasteiger partial charge < -0.3 is 5.32 Å². The summed E-state index contributed by atoms with van der Waals surface area (Å²) in [7, 11) is 0. The van der Waals surface area contributed by atoms with Crippen molar-refractivity contribution in [1.29, 1.82) is 5.26 Å². The van der Waals surface area contributed by atoms with Crippen molar-refractivity contribution in [3.05, 3.63) is 0 Å². The third kappa shape index (κ3) is 3.19. The molecule has 1 N–H and O–H groups in total. The summed E-state index contributed by atoms with van der Waals surface area (Å²) >= 11 is 0. The molecule has 20 heavy (non-hydrogen) atoms. The van der Waals surface area contributed by atoms with Gasteiger partial charge in [-0.25, -0.2) is 0 Å². The lowest BCUT2D eigenvalue weighted by Crippen LogP contribution is -2.48. The van der Waals surface area contributed by atoms with E-state index >= 15 is 0 Å². The molecule has 3 saturated carbocycles. The van der Waals surface area contributed by atoms with Crippen LogP contribution in [0.1, 0.15) is 77.0 Å². The van der Waals surface area contributed by atoms with Crippen molar-refractivity contribution < 1.29 is 0 Å². The maximum atomic E-state index is 9.29. The Labute approximate surface area is 124 Å². The second-order valence-electron chi connectivity index (χ2n) is 7.39. The van der Waals surface area contributed by atoms with E-state index in [0.29, 0.717) is 12.1 Å². The second-order valence-corrected chi connectivity index (χ2v) is 7.39. The van der Waals surface area contributed by atoms with Crippen LogP contribution in [0.15, 0.2) is 0 Å². The Morgan fingerprint density at radius 3 is 2.20 bits per heavy atom. The van der Waals surface area contributed by atoms with Crippen molar-refractivity contribution in [2.45, 2.75) is 89.1 Å². The number of hydrogen-bond donors (Lipinski definition) is 1. The van der Waals surface area contributed by atoms with E-state index in [1.54, 1.807) is 0 Å². The number of nitrogens with one attached hydrogen (secondary N) is 1. The van der Waals surface area contributed by atoms with Gasteiger partial charge in [0.05, 0.1) is 12.0 Å². The fraction of sp³-hybridized carbons (Fsp3) is 0.944. The lowest BCUT2D eigenvalue weighted by atomic mass is 9.70. The fourth-order valence-electron chi connectivity index (χ4n) is 5.08. The molecule has 2 nitrogen and oxygen atoms in total. The lowest BCUT2D eigenvalue weighted by molar-refractivity contribution is 0.139. The molecule has 0 spiro atoms. The van der Waals surface area contributed by atoms with E-state index in [0.717, 1.165) is 18.3 Å². The van der Waals surface area contributed by atoms with E-state index in [1.165, 1.54) is 70.6 Å². The van der Waals surface area contributed by atoms with Crippen molar-refractivity contribution in [3.8, 4) is 6.07 Å². The average molecular weight is 274 g/mol. The molecule has 3 fully saturated rings. The van der Waals surface area contributed by atoms with Crippen molar-refractivity contribution >= 4 is 0 Å². The minimum atomic E-state index is 0.281. The van der Waals surface area contributed by atoms with Crippen LogP contribution in [-0.2, 0) is 0 Å². The van der Waals surface area contributed by atoms with Crippen LogP contribution in [0.4, 0.5) is 0 Å². The van der Waals surface area contributed by atoms with Crippen LogP contribution >= 0.6 is 0 Å². The number of rotatable bonds is 3. The van der Waals surface area contributed by atoms with Gasteiger partial charge in [0.2, 0.25) is 0 Å². The average Bonchev–Trinajstić information content (AvgIpc) is 2.96. The van der Waals surface area contributed by atoms with Gasteiger partial charge in [-0.1, -0.05) is 51.4 Å². The molecule has 0 amide bonds. The molecule has 0 aromatic rings. The summed E-state index contributed by atoms with van der Waals surface area (Å²) < 4.78 is 0. The Balaban J connectivity index is 1.61. The molecule has 3 aliphatic rings. The highest BCUT2D eigenvalue weighted by molar-refractivity contribution is 4.99. The van der Waals surface area contributed by atoms with Gasteiger partial charge in [-0.3, -0.25) is 0 Å². The van der Waals surface area contributed by atoms with Crippen molar-refractivity contribution in [2.24, 2.45) is 17.8 Å². The van der Waals surface area contributed by atoms with Gasteiger partial charge in [-0.2, -0.15) is 5.26 Å². The molecule has 4 unspecified atom stereocenters. The summed E-state index contributed by atoms with van der Waals surface area (Å²) in [6, 6.07) is 3.74. The molecule has 0 heterocycles. The number of nitriles is 1. The maximum absolute atomic E-state index is 9.29. The molecule has 2 heteroatoms. The summed E-state index contributed by atoms with van der Waals surface area (Å²) in [6.45, 7) is 0. The quantitative estimate of drug-likeness (QED) is 0.827. The second kappa shape index (κ2) is 6.94. The van der Waals surface area contributed by atoms with Gasteiger partial charge in [-0.15, -0.1) is 0 Å². The van der Waals surface area contributed by atoms with Gasteiger partial charge in [0, 0.05) is 12.1 Å². The van der Waals surface area contributed by atoms with Crippen LogP contribution in [-0.4, -0.2) is 12.1 Å². The zero-order valence-corrected chi connectivity index (χ0v) is 12.8. The molecule has 0 aromatic carbocycles. The Bertz CT molecular complexity index is 340. The molecule has 0 aromatic heterocycles. The van der Waals surface area contributed by atoms with Crippen molar-refractivity contribution in [2.75, 3.05) is 0 Å². The van der Waals surface area contributed by atoms with Crippen LogP contribution in [0, 0.1) is 29.1 Å². The van der Waals surface area contributed by atoms with Crippen LogP contribution in [0.2, 0.25) is 0 Å². The van der Waals surface area contributed by atoms with Crippen LogP contribution < -0.4 is 5.32 Å². The van der Waals surface area contributed by atoms with Gasteiger partial charge in [0.1, 0.15) is 0 Å². The SMILES string of the molecule is N#CC1CCCC1NC1CCCCC1C1CCCCC1. The Hall–Kier alpha value is -0.550. The molecular weight excluding hydrogens is 244 g/mol. The van der Waals surface area contributed by atoms with E-state index in [4.69, 9.17) is 0 Å². The van der Waals surface area contributed by atoms with E-state index in [2.05, 4.69) is 11.4 Å². The number of nitrogens with zero attached hydrogens (tertiary/aromatic N) is 1. The van der Waals surface area contributed by atoms with E-state index in [9.17, 15) is 5.26 Å². The topological polar surface area (TPSA) is 35.8 Å². The van der Waals surface area contributed by atoms with Gasteiger partial charge in [0.15, 0.2) is 0 Å². The predicted molar refractivity (Wildman–Crippen MR) is 82.2 cm³/mol. The highest BCUT2D eigenvalue weighted by Gasteiger charge is 2.36. The first kappa shape index (κ1) is 14.4.